The van der Waals surface area contributed by atoms with E-state index in [-0.39, 0.29) is 5.25 Å². The number of hydrogen-bond donors (Lipinski definition) is 2. The third kappa shape index (κ3) is 3.79. The third-order valence-corrected chi connectivity index (χ3v) is 3.20. The smallest absolute Gasteiger partial charge is 0.237 e. The topological polar surface area (TPSA) is 94.9 Å². The molecule has 16 heavy (non-hydrogen) atoms. The molecule has 4 N–H and O–H groups in total. The summed E-state index contributed by atoms with van der Waals surface area (Å²) in [6.07, 6.45) is 3.68. The molecular formula is C10H16N4OS. The van der Waals surface area contributed by atoms with Gasteiger partial charge in [0.1, 0.15) is 6.33 Å². The monoisotopic (exact) mass is 240 g/mol. The van der Waals surface area contributed by atoms with E-state index in [1.807, 2.05) is 13.0 Å². The molecule has 0 spiro atoms. The molecule has 1 heterocycles. The molecule has 0 saturated carbocycles. The number of amides is 1. The lowest BCUT2D eigenvalue weighted by molar-refractivity contribution is -0.122. The van der Waals surface area contributed by atoms with Crippen molar-refractivity contribution in [2.75, 3.05) is 0 Å². The first kappa shape index (κ1) is 12.9. The molecule has 0 radical (unpaired) electrons. The highest BCUT2D eigenvalue weighted by Crippen LogP contribution is 2.25. The predicted octanol–water partition coefficient (Wildman–Crippen LogP) is 0.550. The standard InChI is InChI=1S/C10H16N4OS/c1-7(5-10(2,12)9(11)15)16-8-3-4-13-6-14-8/h3-4,6-7H,5,12H2,1-2H3,(H2,11,15). The van der Waals surface area contributed by atoms with E-state index in [2.05, 4.69) is 9.97 Å². The summed E-state index contributed by atoms with van der Waals surface area (Å²) in [7, 11) is 0. The van der Waals surface area contributed by atoms with Gasteiger partial charge in [0.15, 0.2) is 0 Å². The summed E-state index contributed by atoms with van der Waals surface area (Å²) < 4.78 is 0. The van der Waals surface area contributed by atoms with Crippen LogP contribution in [0.25, 0.3) is 0 Å². The first-order chi connectivity index (χ1) is 7.42. The SMILES string of the molecule is CC(CC(C)(N)C(N)=O)Sc1ccncn1. The van der Waals surface area contributed by atoms with Gasteiger partial charge in [0, 0.05) is 11.4 Å². The van der Waals surface area contributed by atoms with E-state index in [1.165, 1.54) is 6.33 Å². The molecule has 0 fully saturated rings. The van der Waals surface area contributed by atoms with Crippen LogP contribution in [0.5, 0.6) is 0 Å². The van der Waals surface area contributed by atoms with Gasteiger partial charge in [-0.2, -0.15) is 0 Å². The Morgan fingerprint density at radius 3 is 2.88 bits per heavy atom. The number of aromatic nitrogens is 2. The Morgan fingerprint density at radius 1 is 1.69 bits per heavy atom. The molecule has 2 atom stereocenters. The largest absolute Gasteiger partial charge is 0.368 e. The fourth-order valence-corrected chi connectivity index (χ4v) is 2.38. The van der Waals surface area contributed by atoms with Crippen LogP contribution >= 0.6 is 11.8 Å². The van der Waals surface area contributed by atoms with Crippen molar-refractivity contribution in [3.05, 3.63) is 18.6 Å². The summed E-state index contributed by atoms with van der Waals surface area (Å²) in [4.78, 5) is 19.0. The zero-order valence-corrected chi connectivity index (χ0v) is 10.2. The van der Waals surface area contributed by atoms with Gasteiger partial charge in [-0.1, -0.05) is 6.92 Å². The van der Waals surface area contributed by atoms with Crippen LogP contribution in [0.15, 0.2) is 23.6 Å². The molecular weight excluding hydrogens is 224 g/mol. The Hall–Kier alpha value is -1.14. The fraction of sp³-hybridized carbons (Fsp3) is 0.500. The number of thioether (sulfide) groups is 1. The van der Waals surface area contributed by atoms with Crippen molar-refractivity contribution in [1.82, 2.24) is 9.97 Å². The number of carbonyl (C=O) groups excluding carboxylic acids is 1. The van der Waals surface area contributed by atoms with Crippen LogP contribution in [0.4, 0.5) is 0 Å². The molecule has 1 aromatic rings. The van der Waals surface area contributed by atoms with Crippen molar-refractivity contribution in [3.8, 4) is 0 Å². The second-order valence-corrected chi connectivity index (χ2v) is 5.42. The summed E-state index contributed by atoms with van der Waals surface area (Å²) >= 11 is 1.55. The molecule has 0 bridgehead atoms. The second kappa shape index (κ2) is 5.27. The summed E-state index contributed by atoms with van der Waals surface area (Å²) in [5.74, 6) is -0.484. The average Bonchev–Trinajstić information content (AvgIpc) is 2.17. The first-order valence-corrected chi connectivity index (χ1v) is 5.81. The highest BCUT2D eigenvalue weighted by Gasteiger charge is 2.28. The highest BCUT2D eigenvalue weighted by molar-refractivity contribution is 7.99. The molecule has 1 rings (SSSR count). The first-order valence-electron chi connectivity index (χ1n) is 4.93. The number of hydrogen-bond acceptors (Lipinski definition) is 5. The average molecular weight is 240 g/mol. The van der Waals surface area contributed by atoms with Crippen molar-refractivity contribution >= 4 is 17.7 Å². The number of carbonyl (C=O) groups is 1. The van der Waals surface area contributed by atoms with Gasteiger partial charge in [-0.3, -0.25) is 4.79 Å². The quantitative estimate of drug-likeness (QED) is 0.579. The lowest BCUT2D eigenvalue weighted by atomic mass is 9.97. The Kier molecular flexibility index (Phi) is 4.26. The van der Waals surface area contributed by atoms with Gasteiger partial charge < -0.3 is 11.5 Å². The van der Waals surface area contributed by atoms with Crippen LogP contribution in [-0.4, -0.2) is 26.7 Å². The minimum atomic E-state index is -0.973. The Labute approximate surface area is 99.0 Å². The minimum Gasteiger partial charge on any atom is -0.368 e. The molecule has 2 unspecified atom stereocenters. The number of nitrogens with zero attached hydrogens (tertiary/aromatic N) is 2. The Balaban J connectivity index is 2.54. The summed E-state index contributed by atoms with van der Waals surface area (Å²) in [6, 6.07) is 1.82. The van der Waals surface area contributed by atoms with Gasteiger partial charge in [0.2, 0.25) is 5.91 Å². The van der Waals surface area contributed by atoms with Crippen LogP contribution in [-0.2, 0) is 4.79 Å². The van der Waals surface area contributed by atoms with Gasteiger partial charge in [-0.15, -0.1) is 11.8 Å². The number of rotatable bonds is 5. The zero-order chi connectivity index (χ0) is 12.2. The van der Waals surface area contributed by atoms with E-state index in [4.69, 9.17) is 11.5 Å². The van der Waals surface area contributed by atoms with Crippen LogP contribution < -0.4 is 11.5 Å². The second-order valence-electron chi connectivity index (χ2n) is 3.96. The molecule has 0 aliphatic heterocycles. The molecule has 6 heteroatoms. The Morgan fingerprint density at radius 2 is 2.38 bits per heavy atom. The van der Waals surface area contributed by atoms with E-state index >= 15 is 0 Å². The van der Waals surface area contributed by atoms with Crippen molar-refractivity contribution < 1.29 is 4.79 Å². The zero-order valence-electron chi connectivity index (χ0n) is 9.38. The lowest BCUT2D eigenvalue weighted by Crippen LogP contribution is -2.50. The maximum Gasteiger partial charge on any atom is 0.237 e. The van der Waals surface area contributed by atoms with Crippen LogP contribution in [0, 0.1) is 0 Å². The lowest BCUT2D eigenvalue weighted by Gasteiger charge is -2.23. The maximum atomic E-state index is 11.1. The highest BCUT2D eigenvalue weighted by atomic mass is 32.2. The maximum absolute atomic E-state index is 11.1. The predicted molar refractivity (Wildman–Crippen MR) is 63.8 cm³/mol. The minimum absolute atomic E-state index is 0.164. The van der Waals surface area contributed by atoms with E-state index in [1.54, 1.807) is 24.9 Å². The molecule has 5 nitrogen and oxygen atoms in total. The van der Waals surface area contributed by atoms with E-state index < -0.39 is 11.4 Å². The van der Waals surface area contributed by atoms with Gasteiger partial charge >= 0.3 is 0 Å². The van der Waals surface area contributed by atoms with Gasteiger partial charge in [0.25, 0.3) is 0 Å². The van der Waals surface area contributed by atoms with E-state index in [0.29, 0.717) is 6.42 Å². The van der Waals surface area contributed by atoms with E-state index in [0.717, 1.165) is 5.03 Å². The molecule has 0 aromatic carbocycles. The van der Waals surface area contributed by atoms with Gasteiger partial charge in [-0.05, 0) is 19.4 Å². The number of primary amides is 1. The van der Waals surface area contributed by atoms with Crippen molar-refractivity contribution in [2.24, 2.45) is 11.5 Å². The molecule has 0 saturated heterocycles. The van der Waals surface area contributed by atoms with Gasteiger partial charge in [0.05, 0.1) is 10.6 Å². The third-order valence-electron chi connectivity index (χ3n) is 2.15. The summed E-state index contributed by atoms with van der Waals surface area (Å²) in [6.45, 7) is 3.63. The van der Waals surface area contributed by atoms with Crippen molar-refractivity contribution in [1.29, 1.82) is 0 Å². The number of nitrogens with two attached hydrogens (primary N) is 2. The van der Waals surface area contributed by atoms with Crippen LogP contribution in [0.2, 0.25) is 0 Å². The van der Waals surface area contributed by atoms with Crippen LogP contribution in [0.3, 0.4) is 0 Å². The van der Waals surface area contributed by atoms with Crippen LogP contribution in [0.1, 0.15) is 20.3 Å². The summed E-state index contributed by atoms with van der Waals surface area (Å²) in [5, 5.41) is 1.03. The molecule has 0 aliphatic carbocycles. The van der Waals surface area contributed by atoms with E-state index in [9.17, 15) is 4.79 Å². The van der Waals surface area contributed by atoms with Crippen molar-refractivity contribution in [3.63, 3.8) is 0 Å². The fourth-order valence-electron chi connectivity index (χ4n) is 1.29. The molecule has 1 aromatic heterocycles. The molecule has 88 valence electrons. The van der Waals surface area contributed by atoms with Crippen molar-refractivity contribution in [2.45, 2.75) is 36.1 Å². The molecule has 0 aliphatic rings. The summed E-state index contributed by atoms with van der Waals surface area (Å²) in [5.41, 5.74) is 10.0. The normalized spacial score (nSPS) is 16.4. The molecule has 1 amide bonds. The van der Waals surface area contributed by atoms with Gasteiger partial charge in [-0.25, -0.2) is 9.97 Å². The Bertz CT molecular complexity index is 355.